The number of amides is 1. The molecule has 0 N–H and O–H groups in total. The van der Waals surface area contributed by atoms with Gasteiger partial charge in [-0.15, -0.1) is 0 Å². The Morgan fingerprint density at radius 2 is 1.63 bits per heavy atom. The molecule has 192 valence electrons. The number of methoxy groups -OCH3 is 2. The molecule has 1 heterocycles. The van der Waals surface area contributed by atoms with Crippen molar-refractivity contribution < 1.29 is 35.9 Å². The fourth-order valence-corrected chi connectivity index (χ4v) is 4.70. The molecule has 0 spiro atoms. The quantitative estimate of drug-likeness (QED) is 0.562. The largest absolute Gasteiger partial charge is 0.493 e. The normalized spacial score (nSPS) is 14.6. The Kier molecular flexibility index (Phi) is 7.73. The van der Waals surface area contributed by atoms with E-state index in [0.29, 0.717) is 18.8 Å². The minimum Gasteiger partial charge on any atom is -0.493 e. The number of ether oxygens (including phenoxy) is 2. The number of carbonyl (C=O) groups is 1. The van der Waals surface area contributed by atoms with E-state index in [-0.39, 0.29) is 41.6 Å². The molecule has 0 bridgehead atoms. The van der Waals surface area contributed by atoms with E-state index in [9.17, 15) is 26.4 Å². The first-order valence-corrected chi connectivity index (χ1v) is 12.5. The molecule has 35 heavy (non-hydrogen) atoms. The van der Waals surface area contributed by atoms with Crippen LogP contribution in [-0.4, -0.2) is 72.4 Å². The monoisotopic (exact) mass is 515 g/mol. The first kappa shape index (κ1) is 26.5. The zero-order chi connectivity index (χ0) is 26.0. The summed E-state index contributed by atoms with van der Waals surface area (Å²) in [6.45, 7) is 2.62. The molecule has 0 aliphatic carbocycles. The van der Waals surface area contributed by atoms with Crippen LogP contribution < -0.4 is 18.7 Å². The number of alkyl halides is 3. The van der Waals surface area contributed by atoms with Crippen LogP contribution in [0.3, 0.4) is 0 Å². The number of halogens is 3. The average molecular weight is 516 g/mol. The lowest BCUT2D eigenvalue weighted by Gasteiger charge is -2.37. The molecule has 8 nitrogen and oxygen atoms in total. The Hall–Kier alpha value is -3.15. The summed E-state index contributed by atoms with van der Waals surface area (Å²) in [5.74, 6) is -0.0416. The van der Waals surface area contributed by atoms with Crippen molar-refractivity contribution in [3.8, 4) is 11.5 Å². The van der Waals surface area contributed by atoms with Crippen LogP contribution in [0.25, 0.3) is 0 Å². The number of hydrogen-bond donors (Lipinski definition) is 0. The lowest BCUT2D eigenvalue weighted by Crippen LogP contribution is -2.49. The maximum absolute atomic E-state index is 13.5. The smallest absolute Gasteiger partial charge is 0.416 e. The van der Waals surface area contributed by atoms with E-state index < -0.39 is 27.7 Å². The summed E-state index contributed by atoms with van der Waals surface area (Å²) in [5, 5.41) is 0. The zero-order valence-corrected chi connectivity index (χ0v) is 20.7. The van der Waals surface area contributed by atoms with Gasteiger partial charge in [-0.3, -0.25) is 9.10 Å². The van der Waals surface area contributed by atoms with Crippen LogP contribution in [0, 0.1) is 0 Å². The van der Waals surface area contributed by atoms with Crippen LogP contribution in [0.4, 0.5) is 24.5 Å². The van der Waals surface area contributed by atoms with Crippen molar-refractivity contribution in [1.29, 1.82) is 0 Å². The van der Waals surface area contributed by atoms with Gasteiger partial charge in [-0.25, -0.2) is 8.42 Å². The fraction of sp³-hybridized carbons (Fsp3) is 0.435. The first-order chi connectivity index (χ1) is 16.4. The number of hydrogen-bond acceptors (Lipinski definition) is 6. The standard InChI is InChI=1S/C23H28F3N3O5S/c1-5-35(31,32)27(2)19-15-21(34-4)20(33-3)14-18(19)22(30)29-11-9-28(10-12-29)17-8-6-7-16(13-17)23(24,25)26/h6-8,13-15H,5,9-12H2,1-4H3. The summed E-state index contributed by atoms with van der Waals surface area (Å²) in [6.07, 6.45) is -4.44. The predicted octanol–water partition coefficient (Wildman–Crippen LogP) is 3.47. The summed E-state index contributed by atoms with van der Waals surface area (Å²) in [4.78, 5) is 16.8. The van der Waals surface area contributed by atoms with Crippen molar-refractivity contribution in [2.24, 2.45) is 0 Å². The van der Waals surface area contributed by atoms with Gasteiger partial charge in [0.05, 0.1) is 36.8 Å². The van der Waals surface area contributed by atoms with Crippen LogP contribution in [0.15, 0.2) is 36.4 Å². The van der Waals surface area contributed by atoms with E-state index >= 15 is 0 Å². The lowest BCUT2D eigenvalue weighted by molar-refractivity contribution is -0.137. The number of sulfonamides is 1. The Morgan fingerprint density at radius 3 is 2.17 bits per heavy atom. The summed E-state index contributed by atoms with van der Waals surface area (Å²) in [7, 11) is 0.502. The van der Waals surface area contributed by atoms with Crippen molar-refractivity contribution in [3.63, 3.8) is 0 Å². The maximum Gasteiger partial charge on any atom is 0.416 e. The van der Waals surface area contributed by atoms with Gasteiger partial charge in [0.15, 0.2) is 11.5 Å². The third kappa shape index (κ3) is 5.58. The van der Waals surface area contributed by atoms with Crippen LogP contribution in [0.1, 0.15) is 22.8 Å². The van der Waals surface area contributed by atoms with E-state index in [1.807, 2.05) is 0 Å². The third-order valence-electron chi connectivity index (χ3n) is 5.96. The van der Waals surface area contributed by atoms with Crippen molar-refractivity contribution in [3.05, 3.63) is 47.5 Å². The van der Waals surface area contributed by atoms with Crippen molar-refractivity contribution in [2.75, 3.05) is 62.4 Å². The fourth-order valence-electron chi connectivity index (χ4n) is 3.86. The van der Waals surface area contributed by atoms with Crippen LogP contribution in [0.2, 0.25) is 0 Å². The van der Waals surface area contributed by atoms with E-state index in [1.165, 1.54) is 46.4 Å². The Balaban J connectivity index is 1.87. The van der Waals surface area contributed by atoms with Gasteiger partial charge in [0.2, 0.25) is 10.0 Å². The van der Waals surface area contributed by atoms with Gasteiger partial charge in [-0.1, -0.05) is 6.07 Å². The van der Waals surface area contributed by atoms with Gasteiger partial charge in [0.25, 0.3) is 5.91 Å². The van der Waals surface area contributed by atoms with Gasteiger partial charge in [0.1, 0.15) is 0 Å². The van der Waals surface area contributed by atoms with E-state index in [0.717, 1.165) is 16.4 Å². The molecule has 1 aliphatic heterocycles. The second-order valence-corrected chi connectivity index (χ2v) is 10.2. The van der Waals surface area contributed by atoms with Gasteiger partial charge in [-0.05, 0) is 31.2 Å². The molecule has 2 aromatic rings. The summed E-state index contributed by atoms with van der Waals surface area (Å²) in [6, 6.07) is 7.95. The second kappa shape index (κ2) is 10.2. The Bertz CT molecular complexity index is 1180. The van der Waals surface area contributed by atoms with Crippen molar-refractivity contribution in [2.45, 2.75) is 13.1 Å². The molecule has 1 fully saturated rings. The first-order valence-electron chi connectivity index (χ1n) is 10.9. The second-order valence-electron chi connectivity index (χ2n) is 7.92. The number of benzene rings is 2. The van der Waals surface area contributed by atoms with Gasteiger partial charge in [-0.2, -0.15) is 13.2 Å². The topological polar surface area (TPSA) is 79.4 Å². The molecular weight excluding hydrogens is 487 g/mol. The molecule has 1 aliphatic rings. The highest BCUT2D eigenvalue weighted by molar-refractivity contribution is 7.92. The number of anilines is 2. The zero-order valence-electron chi connectivity index (χ0n) is 19.9. The number of rotatable bonds is 7. The Labute approximate surface area is 202 Å². The van der Waals surface area contributed by atoms with E-state index in [1.54, 1.807) is 15.9 Å². The SMILES string of the molecule is CCS(=O)(=O)N(C)c1cc(OC)c(OC)cc1C(=O)N1CCN(c2cccc(C(F)(F)F)c2)CC1. The highest BCUT2D eigenvalue weighted by atomic mass is 32.2. The Morgan fingerprint density at radius 1 is 1.03 bits per heavy atom. The summed E-state index contributed by atoms with van der Waals surface area (Å²) >= 11 is 0. The summed E-state index contributed by atoms with van der Waals surface area (Å²) < 4.78 is 76.0. The molecule has 1 amide bonds. The lowest BCUT2D eigenvalue weighted by atomic mass is 10.1. The minimum absolute atomic E-state index is 0.120. The van der Waals surface area contributed by atoms with Crippen molar-refractivity contribution in [1.82, 2.24) is 4.90 Å². The summed E-state index contributed by atoms with van der Waals surface area (Å²) in [5.41, 5.74) is -0.0411. The molecule has 0 unspecified atom stereocenters. The molecule has 0 atom stereocenters. The molecule has 0 aromatic heterocycles. The van der Waals surface area contributed by atoms with Gasteiger partial charge < -0.3 is 19.3 Å². The number of carbonyl (C=O) groups excluding carboxylic acids is 1. The van der Waals surface area contributed by atoms with Crippen LogP contribution in [-0.2, 0) is 16.2 Å². The number of nitrogens with zero attached hydrogens (tertiary/aromatic N) is 3. The van der Waals surface area contributed by atoms with Gasteiger partial charge in [0, 0.05) is 45.0 Å². The third-order valence-corrected chi connectivity index (χ3v) is 7.72. The average Bonchev–Trinajstić information content (AvgIpc) is 2.86. The maximum atomic E-state index is 13.5. The molecule has 3 rings (SSSR count). The van der Waals surface area contributed by atoms with Gasteiger partial charge >= 0.3 is 6.18 Å². The molecule has 1 saturated heterocycles. The number of piperazine rings is 1. The van der Waals surface area contributed by atoms with Crippen LogP contribution in [0.5, 0.6) is 11.5 Å². The minimum atomic E-state index is -4.44. The van der Waals surface area contributed by atoms with E-state index in [2.05, 4.69) is 0 Å². The van der Waals surface area contributed by atoms with Crippen LogP contribution >= 0.6 is 0 Å². The molecule has 0 radical (unpaired) electrons. The highest BCUT2D eigenvalue weighted by Crippen LogP contribution is 2.37. The molecule has 2 aromatic carbocycles. The van der Waals surface area contributed by atoms with Crippen molar-refractivity contribution >= 4 is 27.3 Å². The molecular formula is C23H28F3N3O5S. The predicted molar refractivity (Wildman–Crippen MR) is 127 cm³/mol. The molecule has 12 heteroatoms. The van der Waals surface area contributed by atoms with E-state index in [4.69, 9.17) is 9.47 Å². The highest BCUT2D eigenvalue weighted by Gasteiger charge is 2.32. The molecule has 0 saturated carbocycles.